The molecule has 1 heterocycles. The van der Waals surface area contributed by atoms with Crippen LogP contribution in [0.25, 0.3) is 0 Å². The number of hydrogen-bond acceptors (Lipinski definition) is 3. The zero-order chi connectivity index (χ0) is 13.3. The first-order valence-corrected chi connectivity index (χ1v) is 7.05. The van der Waals surface area contributed by atoms with Crippen LogP contribution in [0.4, 0.5) is 5.69 Å². The van der Waals surface area contributed by atoms with E-state index in [-0.39, 0.29) is 12.3 Å². The maximum absolute atomic E-state index is 11.8. The van der Waals surface area contributed by atoms with Crippen molar-refractivity contribution in [2.75, 3.05) is 11.2 Å². The molecule has 1 fully saturated rings. The van der Waals surface area contributed by atoms with E-state index in [1.165, 1.54) is 11.2 Å². The van der Waals surface area contributed by atoms with E-state index in [4.69, 9.17) is 5.11 Å². The van der Waals surface area contributed by atoms with E-state index in [1.807, 2.05) is 0 Å². The number of aliphatic carboxylic acids is 1. The molecule has 2 atom stereocenters. The summed E-state index contributed by atoms with van der Waals surface area (Å²) in [5.74, 6) is -1.27. The number of para-hydroxylation sites is 1. The van der Waals surface area contributed by atoms with Gasteiger partial charge in [-0.2, -0.15) is 0 Å². The molecule has 18 heavy (non-hydrogen) atoms. The smallest absolute Gasteiger partial charge is 0.326 e. The van der Waals surface area contributed by atoms with Crippen LogP contribution in [0.2, 0.25) is 0 Å². The van der Waals surface area contributed by atoms with Crippen LogP contribution < -0.4 is 4.90 Å². The summed E-state index contributed by atoms with van der Waals surface area (Å²) in [5.41, 5.74) is 0.438. The molecular formula is C12H13NO4S. The lowest BCUT2D eigenvalue weighted by Gasteiger charge is -2.23. The van der Waals surface area contributed by atoms with Crippen molar-refractivity contribution in [1.29, 1.82) is 0 Å². The normalized spacial score (nSPS) is 21.1. The first-order chi connectivity index (χ1) is 8.52. The van der Waals surface area contributed by atoms with Gasteiger partial charge in [0.25, 0.3) is 0 Å². The summed E-state index contributed by atoms with van der Waals surface area (Å²) in [6, 6.07) is 5.85. The van der Waals surface area contributed by atoms with Gasteiger partial charge in [-0.3, -0.25) is 13.9 Å². The van der Waals surface area contributed by atoms with E-state index in [0.29, 0.717) is 17.0 Å². The molecule has 0 aliphatic carbocycles. The molecule has 1 saturated heterocycles. The summed E-state index contributed by atoms with van der Waals surface area (Å²) in [4.78, 5) is 24.7. The molecule has 0 bridgehead atoms. The first kappa shape index (κ1) is 12.8. The fourth-order valence-electron chi connectivity index (χ4n) is 2.12. The summed E-state index contributed by atoms with van der Waals surface area (Å²) in [7, 11) is -1.27. The Hall–Kier alpha value is -1.69. The highest BCUT2D eigenvalue weighted by Crippen LogP contribution is 2.31. The summed E-state index contributed by atoms with van der Waals surface area (Å²) in [5, 5.41) is 9.12. The second-order valence-electron chi connectivity index (χ2n) is 4.08. The Morgan fingerprint density at radius 2 is 2.11 bits per heavy atom. The highest BCUT2D eigenvalue weighted by molar-refractivity contribution is 7.84. The fraction of sp³-hybridized carbons (Fsp3) is 0.333. The summed E-state index contributed by atoms with van der Waals surface area (Å²) < 4.78 is 11.6. The van der Waals surface area contributed by atoms with Crippen LogP contribution in [0.3, 0.4) is 0 Å². The molecule has 0 aromatic heterocycles. The molecule has 1 aliphatic heterocycles. The number of carboxylic acid groups (broad SMARTS) is 1. The molecular weight excluding hydrogens is 254 g/mol. The molecule has 6 heteroatoms. The van der Waals surface area contributed by atoms with Gasteiger partial charge < -0.3 is 5.11 Å². The molecule has 1 aromatic rings. The van der Waals surface area contributed by atoms with E-state index in [1.54, 1.807) is 24.3 Å². The Balaban J connectivity index is 2.49. The van der Waals surface area contributed by atoms with Crippen LogP contribution in [0.1, 0.15) is 12.8 Å². The van der Waals surface area contributed by atoms with Gasteiger partial charge in [-0.25, -0.2) is 4.79 Å². The van der Waals surface area contributed by atoms with E-state index >= 15 is 0 Å². The molecule has 0 radical (unpaired) electrons. The maximum Gasteiger partial charge on any atom is 0.326 e. The minimum absolute atomic E-state index is 0.210. The van der Waals surface area contributed by atoms with Gasteiger partial charge in [-0.15, -0.1) is 0 Å². The minimum Gasteiger partial charge on any atom is -0.480 e. The number of benzene rings is 1. The maximum atomic E-state index is 11.8. The average molecular weight is 267 g/mol. The zero-order valence-electron chi connectivity index (χ0n) is 9.83. The van der Waals surface area contributed by atoms with Gasteiger partial charge in [0.2, 0.25) is 5.91 Å². The van der Waals surface area contributed by atoms with Crippen LogP contribution in [0, 0.1) is 0 Å². The number of amides is 1. The minimum atomic E-state index is -1.27. The molecule has 1 aliphatic rings. The lowest BCUT2D eigenvalue weighted by atomic mass is 10.2. The van der Waals surface area contributed by atoms with Gasteiger partial charge in [0.05, 0.1) is 21.4 Å². The zero-order valence-corrected chi connectivity index (χ0v) is 10.6. The van der Waals surface area contributed by atoms with Crippen molar-refractivity contribution < 1.29 is 18.9 Å². The van der Waals surface area contributed by atoms with Gasteiger partial charge in [0, 0.05) is 12.7 Å². The van der Waals surface area contributed by atoms with E-state index < -0.39 is 22.8 Å². The highest BCUT2D eigenvalue weighted by atomic mass is 32.2. The lowest BCUT2D eigenvalue weighted by molar-refractivity contribution is -0.138. The molecule has 2 unspecified atom stereocenters. The van der Waals surface area contributed by atoms with Gasteiger partial charge in [0.1, 0.15) is 6.04 Å². The van der Waals surface area contributed by atoms with Gasteiger partial charge in [-0.1, -0.05) is 12.1 Å². The number of anilines is 1. The lowest BCUT2D eigenvalue weighted by Crippen LogP contribution is -2.39. The third kappa shape index (κ3) is 2.15. The third-order valence-electron chi connectivity index (χ3n) is 2.93. The molecule has 1 N–H and O–H groups in total. The fourth-order valence-corrected chi connectivity index (χ4v) is 2.85. The predicted molar refractivity (Wildman–Crippen MR) is 66.9 cm³/mol. The molecule has 1 amide bonds. The van der Waals surface area contributed by atoms with E-state index in [9.17, 15) is 13.8 Å². The third-order valence-corrected chi connectivity index (χ3v) is 3.90. The van der Waals surface area contributed by atoms with Gasteiger partial charge in [-0.05, 0) is 18.6 Å². The SMILES string of the molecule is CS(=O)c1ccccc1N1C(=O)CCC1C(=O)O. The quantitative estimate of drug-likeness (QED) is 0.886. The van der Waals surface area contributed by atoms with Crippen LogP contribution in [0.5, 0.6) is 0 Å². The van der Waals surface area contributed by atoms with Crippen molar-refractivity contribution in [3.8, 4) is 0 Å². The van der Waals surface area contributed by atoms with Crippen LogP contribution >= 0.6 is 0 Å². The van der Waals surface area contributed by atoms with E-state index in [0.717, 1.165) is 0 Å². The summed E-state index contributed by atoms with van der Waals surface area (Å²) in [6.07, 6.45) is 2.01. The van der Waals surface area contributed by atoms with Crippen molar-refractivity contribution in [2.45, 2.75) is 23.8 Å². The van der Waals surface area contributed by atoms with Crippen LogP contribution in [-0.4, -0.2) is 33.5 Å². The van der Waals surface area contributed by atoms with Crippen LogP contribution in [0.15, 0.2) is 29.2 Å². The molecule has 2 rings (SSSR count). The standard InChI is InChI=1S/C12H13NO4S/c1-18(17)10-5-3-2-4-8(10)13-9(12(15)16)6-7-11(13)14/h2-5,9H,6-7H2,1H3,(H,15,16). The van der Waals surface area contributed by atoms with Crippen LogP contribution in [-0.2, 0) is 20.4 Å². The molecule has 5 nitrogen and oxygen atoms in total. The van der Waals surface area contributed by atoms with Crippen molar-refractivity contribution in [3.05, 3.63) is 24.3 Å². The number of carboxylic acids is 1. The Labute approximate surface area is 107 Å². The van der Waals surface area contributed by atoms with Crippen molar-refractivity contribution >= 4 is 28.4 Å². The second-order valence-corrected chi connectivity index (χ2v) is 5.43. The molecule has 0 saturated carbocycles. The number of hydrogen-bond donors (Lipinski definition) is 1. The molecule has 96 valence electrons. The Bertz CT molecular complexity index is 529. The number of nitrogens with zero attached hydrogens (tertiary/aromatic N) is 1. The van der Waals surface area contributed by atoms with E-state index in [2.05, 4.69) is 0 Å². The second kappa shape index (κ2) is 4.89. The van der Waals surface area contributed by atoms with Crippen molar-refractivity contribution in [1.82, 2.24) is 0 Å². The molecule has 0 spiro atoms. The number of carbonyl (C=O) groups excluding carboxylic acids is 1. The predicted octanol–water partition coefficient (Wildman–Crippen LogP) is 1.00. The Morgan fingerprint density at radius 3 is 2.72 bits per heavy atom. The first-order valence-electron chi connectivity index (χ1n) is 5.49. The van der Waals surface area contributed by atoms with Gasteiger partial charge >= 0.3 is 5.97 Å². The van der Waals surface area contributed by atoms with Crippen molar-refractivity contribution in [3.63, 3.8) is 0 Å². The summed E-state index contributed by atoms with van der Waals surface area (Å²) >= 11 is 0. The topological polar surface area (TPSA) is 74.7 Å². The molecule has 1 aromatic carbocycles. The Kier molecular flexibility index (Phi) is 3.47. The number of rotatable bonds is 3. The number of carbonyl (C=O) groups is 2. The Morgan fingerprint density at radius 1 is 1.44 bits per heavy atom. The highest BCUT2D eigenvalue weighted by Gasteiger charge is 2.38. The average Bonchev–Trinajstić information content (AvgIpc) is 2.71. The monoisotopic (exact) mass is 267 g/mol. The van der Waals surface area contributed by atoms with Crippen molar-refractivity contribution in [2.24, 2.45) is 0 Å². The summed E-state index contributed by atoms with van der Waals surface area (Å²) in [6.45, 7) is 0. The largest absolute Gasteiger partial charge is 0.480 e. The van der Waals surface area contributed by atoms with Gasteiger partial charge in [0.15, 0.2) is 0 Å².